The summed E-state index contributed by atoms with van der Waals surface area (Å²) in [5, 5.41) is 4.91. The molecule has 0 saturated carbocycles. The summed E-state index contributed by atoms with van der Waals surface area (Å²) in [6, 6.07) is -0.395. The Morgan fingerprint density at radius 3 is 2.31 bits per heavy atom. The van der Waals surface area contributed by atoms with E-state index in [4.69, 9.17) is 0 Å². The van der Waals surface area contributed by atoms with Crippen molar-refractivity contribution in [3.63, 3.8) is 0 Å². The van der Waals surface area contributed by atoms with Crippen molar-refractivity contribution in [2.45, 2.75) is 18.9 Å². The lowest BCUT2D eigenvalue weighted by Gasteiger charge is -2.27. The van der Waals surface area contributed by atoms with Crippen molar-refractivity contribution in [3.05, 3.63) is 0 Å². The first-order chi connectivity index (χ1) is 6.00. The molecular formula is C8H15N3O2. The van der Waals surface area contributed by atoms with Crippen molar-refractivity contribution < 1.29 is 9.59 Å². The van der Waals surface area contributed by atoms with Crippen molar-refractivity contribution in [1.29, 1.82) is 0 Å². The molecule has 0 aromatic heterocycles. The minimum Gasteiger partial charge on any atom is -0.322 e. The fourth-order valence-electron chi connectivity index (χ4n) is 1.54. The maximum absolute atomic E-state index is 11.5. The highest BCUT2D eigenvalue weighted by molar-refractivity contribution is 6.07. The van der Waals surface area contributed by atoms with Crippen LogP contribution in [0.1, 0.15) is 13.3 Å². The maximum atomic E-state index is 11.5. The van der Waals surface area contributed by atoms with Crippen LogP contribution < -0.4 is 10.6 Å². The van der Waals surface area contributed by atoms with Crippen LogP contribution in [-0.2, 0) is 4.79 Å². The minimum absolute atomic E-state index is 0.228. The molecule has 3 amide bonds. The van der Waals surface area contributed by atoms with E-state index in [0.29, 0.717) is 13.0 Å². The summed E-state index contributed by atoms with van der Waals surface area (Å²) in [7, 11) is 3.74. The fourth-order valence-corrected chi connectivity index (χ4v) is 1.54. The minimum atomic E-state index is -0.736. The van der Waals surface area contributed by atoms with Crippen molar-refractivity contribution in [2.75, 3.05) is 20.6 Å². The van der Waals surface area contributed by atoms with E-state index in [1.54, 1.807) is 0 Å². The number of nitrogens with zero attached hydrogens (tertiary/aromatic N) is 1. The largest absolute Gasteiger partial charge is 0.322 e. The SMILES string of the molecule is CC[C@]1(CN(C)C)NC(=O)NC1=O. The third kappa shape index (κ3) is 1.80. The van der Waals surface area contributed by atoms with E-state index < -0.39 is 11.6 Å². The summed E-state index contributed by atoms with van der Waals surface area (Å²) in [5.74, 6) is -0.228. The van der Waals surface area contributed by atoms with Crippen LogP contribution >= 0.6 is 0 Å². The second-order valence-corrected chi connectivity index (χ2v) is 3.58. The summed E-state index contributed by atoms with van der Waals surface area (Å²) in [6.45, 7) is 2.41. The second-order valence-electron chi connectivity index (χ2n) is 3.58. The standard InChI is InChI=1S/C8H15N3O2/c1-4-8(5-11(2)3)6(12)9-7(13)10-8/h4-5H2,1-3H3,(H2,9,10,12,13)/t8-/m1/s1. The van der Waals surface area contributed by atoms with Gasteiger partial charge in [0, 0.05) is 6.54 Å². The lowest BCUT2D eigenvalue weighted by atomic mass is 9.96. The topological polar surface area (TPSA) is 61.4 Å². The van der Waals surface area contributed by atoms with Gasteiger partial charge >= 0.3 is 6.03 Å². The van der Waals surface area contributed by atoms with Crippen LogP contribution in [0.5, 0.6) is 0 Å². The Morgan fingerprint density at radius 1 is 1.38 bits per heavy atom. The van der Waals surface area contributed by atoms with Crippen molar-refractivity contribution in [1.82, 2.24) is 15.5 Å². The molecule has 74 valence electrons. The molecule has 2 N–H and O–H groups in total. The van der Waals surface area contributed by atoms with Gasteiger partial charge in [0.25, 0.3) is 5.91 Å². The quantitative estimate of drug-likeness (QED) is 0.585. The number of hydrogen-bond acceptors (Lipinski definition) is 3. The first kappa shape index (κ1) is 9.98. The number of rotatable bonds is 3. The molecule has 0 aromatic rings. The first-order valence-electron chi connectivity index (χ1n) is 4.28. The van der Waals surface area contributed by atoms with E-state index in [2.05, 4.69) is 10.6 Å². The molecule has 13 heavy (non-hydrogen) atoms. The monoisotopic (exact) mass is 185 g/mol. The Labute approximate surface area is 77.5 Å². The van der Waals surface area contributed by atoms with Gasteiger partial charge in [0.2, 0.25) is 0 Å². The molecule has 1 saturated heterocycles. The van der Waals surface area contributed by atoms with E-state index >= 15 is 0 Å². The van der Waals surface area contributed by atoms with Crippen molar-refractivity contribution in [2.24, 2.45) is 0 Å². The zero-order valence-electron chi connectivity index (χ0n) is 8.18. The Bertz CT molecular complexity index is 240. The Morgan fingerprint density at radius 2 is 2.00 bits per heavy atom. The highest BCUT2D eigenvalue weighted by atomic mass is 16.2. The van der Waals surface area contributed by atoms with E-state index in [1.807, 2.05) is 25.9 Å². The molecule has 1 aliphatic rings. The van der Waals surface area contributed by atoms with Gasteiger partial charge in [0.05, 0.1) is 0 Å². The lowest BCUT2D eigenvalue weighted by Crippen LogP contribution is -2.53. The van der Waals surface area contributed by atoms with Crippen LogP contribution in [0.4, 0.5) is 4.79 Å². The van der Waals surface area contributed by atoms with E-state index in [0.717, 1.165) is 0 Å². The van der Waals surface area contributed by atoms with Gasteiger partial charge in [-0.05, 0) is 20.5 Å². The average Bonchev–Trinajstić information content (AvgIpc) is 2.26. The molecule has 0 unspecified atom stereocenters. The number of urea groups is 1. The third-order valence-electron chi connectivity index (χ3n) is 2.20. The first-order valence-corrected chi connectivity index (χ1v) is 4.28. The highest BCUT2D eigenvalue weighted by Gasteiger charge is 2.44. The van der Waals surface area contributed by atoms with Gasteiger partial charge in [-0.1, -0.05) is 6.92 Å². The van der Waals surface area contributed by atoms with Gasteiger partial charge in [-0.3, -0.25) is 10.1 Å². The third-order valence-corrected chi connectivity index (χ3v) is 2.20. The van der Waals surface area contributed by atoms with E-state index in [1.165, 1.54) is 0 Å². The number of likely N-dealkylation sites (N-methyl/N-ethyl adjacent to an activating group) is 1. The molecule has 0 aromatic carbocycles. The maximum Gasteiger partial charge on any atom is 0.322 e. The number of nitrogens with one attached hydrogen (secondary N) is 2. The van der Waals surface area contributed by atoms with Crippen LogP contribution in [-0.4, -0.2) is 43.0 Å². The van der Waals surface area contributed by atoms with Crippen LogP contribution in [0.15, 0.2) is 0 Å². The molecule has 5 heteroatoms. The molecule has 0 spiro atoms. The van der Waals surface area contributed by atoms with Crippen molar-refractivity contribution >= 4 is 11.9 Å². The number of carbonyl (C=O) groups excluding carboxylic acids is 2. The zero-order valence-corrected chi connectivity index (χ0v) is 8.18. The van der Waals surface area contributed by atoms with Crippen LogP contribution in [0.3, 0.4) is 0 Å². The summed E-state index contributed by atoms with van der Waals surface area (Å²) in [4.78, 5) is 24.3. The normalized spacial score (nSPS) is 27.7. The van der Waals surface area contributed by atoms with Crippen molar-refractivity contribution in [3.8, 4) is 0 Å². The number of hydrogen-bond donors (Lipinski definition) is 2. The summed E-state index contributed by atoms with van der Waals surface area (Å²) < 4.78 is 0. The lowest BCUT2D eigenvalue weighted by molar-refractivity contribution is -0.124. The second kappa shape index (κ2) is 3.33. The van der Waals surface area contributed by atoms with Gasteiger partial charge in [-0.2, -0.15) is 0 Å². The summed E-state index contributed by atoms with van der Waals surface area (Å²) >= 11 is 0. The predicted octanol–water partition coefficient (Wildman–Crippen LogP) is -0.464. The summed E-state index contributed by atoms with van der Waals surface area (Å²) in [5.41, 5.74) is -0.736. The molecule has 1 aliphatic heterocycles. The molecule has 1 rings (SSSR count). The van der Waals surface area contributed by atoms with Gasteiger partial charge in [-0.25, -0.2) is 4.79 Å². The number of imide groups is 1. The number of carbonyl (C=O) groups is 2. The van der Waals surface area contributed by atoms with Crippen LogP contribution in [0.2, 0.25) is 0 Å². The predicted molar refractivity (Wildman–Crippen MR) is 48.3 cm³/mol. The highest BCUT2D eigenvalue weighted by Crippen LogP contribution is 2.15. The van der Waals surface area contributed by atoms with E-state index in [-0.39, 0.29) is 5.91 Å². The molecule has 1 atom stereocenters. The van der Waals surface area contributed by atoms with E-state index in [9.17, 15) is 9.59 Å². The van der Waals surface area contributed by atoms with Gasteiger partial charge < -0.3 is 10.2 Å². The van der Waals surface area contributed by atoms with Gasteiger partial charge in [0.1, 0.15) is 5.54 Å². The Kier molecular flexibility index (Phi) is 2.56. The number of amides is 3. The molecule has 1 fully saturated rings. The molecule has 0 bridgehead atoms. The molecule has 1 heterocycles. The zero-order chi connectivity index (χ0) is 10.1. The molecule has 0 aliphatic carbocycles. The molecule has 0 radical (unpaired) electrons. The molecular weight excluding hydrogens is 170 g/mol. The Hall–Kier alpha value is -1.10. The fraction of sp³-hybridized carbons (Fsp3) is 0.750. The summed E-state index contributed by atoms with van der Waals surface area (Å²) in [6.07, 6.45) is 0.600. The van der Waals surface area contributed by atoms with Crippen LogP contribution in [0.25, 0.3) is 0 Å². The van der Waals surface area contributed by atoms with Gasteiger partial charge in [0.15, 0.2) is 0 Å². The Balaban J connectivity index is 2.80. The van der Waals surface area contributed by atoms with Crippen LogP contribution in [0, 0.1) is 0 Å². The molecule has 5 nitrogen and oxygen atoms in total. The average molecular weight is 185 g/mol. The van der Waals surface area contributed by atoms with Gasteiger partial charge in [-0.15, -0.1) is 0 Å². The smallest absolute Gasteiger partial charge is 0.322 e.